The average Bonchev–Trinajstić information content (AvgIpc) is 3.16. The lowest BCUT2D eigenvalue weighted by atomic mass is 9.84. The Labute approximate surface area is 176 Å². The van der Waals surface area contributed by atoms with Crippen LogP contribution in [0, 0.1) is 5.21 Å². The van der Waals surface area contributed by atoms with Crippen LogP contribution in [0.5, 0.6) is 23.0 Å². The van der Waals surface area contributed by atoms with Gasteiger partial charge in [0.1, 0.15) is 6.54 Å². The monoisotopic (exact) mass is 409 g/mol. The lowest BCUT2D eigenvalue weighted by Crippen LogP contribution is -2.49. The summed E-state index contributed by atoms with van der Waals surface area (Å²) in [5.41, 5.74) is 2.38. The molecule has 0 saturated carbocycles. The van der Waals surface area contributed by atoms with E-state index in [4.69, 9.17) is 18.9 Å². The van der Waals surface area contributed by atoms with Gasteiger partial charge in [-0.3, -0.25) is 0 Å². The van der Waals surface area contributed by atoms with Crippen molar-refractivity contribution in [1.29, 1.82) is 0 Å². The van der Waals surface area contributed by atoms with E-state index in [0.29, 0.717) is 36.1 Å². The normalized spacial score (nSPS) is 22.6. The largest absolute Gasteiger partial charge is 0.632 e. The Morgan fingerprint density at radius 1 is 0.833 bits per heavy atom. The maximum absolute atomic E-state index is 13.6. The zero-order valence-corrected chi connectivity index (χ0v) is 17.9. The van der Waals surface area contributed by atoms with Crippen LogP contribution >= 0.6 is 0 Å². The summed E-state index contributed by atoms with van der Waals surface area (Å²) in [6, 6.07) is 8.19. The van der Waals surface area contributed by atoms with Crippen molar-refractivity contribution in [1.82, 2.24) is 0 Å². The van der Waals surface area contributed by atoms with E-state index in [1.807, 2.05) is 18.2 Å². The van der Waals surface area contributed by atoms with Gasteiger partial charge in [0, 0.05) is 30.2 Å². The van der Waals surface area contributed by atoms with Gasteiger partial charge in [-0.1, -0.05) is 6.07 Å². The van der Waals surface area contributed by atoms with Gasteiger partial charge in [-0.15, -0.1) is 0 Å². The molecule has 0 unspecified atom stereocenters. The quantitative estimate of drug-likeness (QED) is 0.359. The SMILES string of the molecule is COc1cc2c3c(c4ccc(OC)c(OC)c4c2cc1OC)C[C@@H]1CCC[N@+]1([O-])C3. The molecule has 2 aliphatic rings. The summed E-state index contributed by atoms with van der Waals surface area (Å²) in [5, 5.41) is 17.7. The van der Waals surface area contributed by atoms with Crippen molar-refractivity contribution in [3.8, 4) is 23.0 Å². The number of quaternary nitrogens is 1. The van der Waals surface area contributed by atoms with Crippen molar-refractivity contribution in [2.24, 2.45) is 0 Å². The Balaban J connectivity index is 1.95. The molecule has 0 spiro atoms. The molecule has 0 N–H and O–H groups in total. The van der Waals surface area contributed by atoms with Crippen molar-refractivity contribution >= 4 is 21.5 Å². The molecule has 30 heavy (non-hydrogen) atoms. The summed E-state index contributed by atoms with van der Waals surface area (Å²) in [6.07, 6.45) is 2.77. The number of fused-ring (bicyclic) bond motifs is 7. The predicted octanol–water partition coefficient (Wildman–Crippen LogP) is 4.56. The first-order valence-electron chi connectivity index (χ1n) is 10.4. The maximum atomic E-state index is 13.6. The van der Waals surface area contributed by atoms with Crippen molar-refractivity contribution in [2.75, 3.05) is 35.0 Å². The number of hydrogen-bond donors (Lipinski definition) is 0. The Morgan fingerprint density at radius 3 is 2.20 bits per heavy atom. The second kappa shape index (κ2) is 6.93. The first kappa shape index (κ1) is 19.3. The molecule has 0 bridgehead atoms. The molecule has 0 amide bonds. The van der Waals surface area contributed by atoms with Crippen LogP contribution in [0.1, 0.15) is 24.0 Å². The number of nitrogens with zero attached hydrogens (tertiary/aromatic N) is 1. The van der Waals surface area contributed by atoms with Gasteiger partial charge in [-0.25, -0.2) is 0 Å². The second-order valence-corrected chi connectivity index (χ2v) is 8.27. The highest BCUT2D eigenvalue weighted by molar-refractivity contribution is 6.15. The van der Waals surface area contributed by atoms with Crippen LogP contribution in [-0.2, 0) is 13.0 Å². The topological polar surface area (TPSA) is 60.0 Å². The summed E-state index contributed by atoms with van der Waals surface area (Å²) < 4.78 is 22.5. The number of benzene rings is 3. The van der Waals surface area contributed by atoms with E-state index >= 15 is 0 Å². The van der Waals surface area contributed by atoms with Crippen LogP contribution in [0.4, 0.5) is 0 Å². The first-order valence-corrected chi connectivity index (χ1v) is 10.4. The molecule has 2 aliphatic heterocycles. The molecule has 1 fully saturated rings. The van der Waals surface area contributed by atoms with Gasteiger partial charge in [-0.05, 0) is 39.9 Å². The third-order valence-corrected chi connectivity index (χ3v) is 6.96. The number of ether oxygens (including phenoxy) is 4. The molecule has 0 aliphatic carbocycles. The van der Waals surface area contributed by atoms with E-state index < -0.39 is 0 Å². The fraction of sp³-hybridized carbons (Fsp3) is 0.417. The van der Waals surface area contributed by atoms with E-state index in [1.54, 1.807) is 28.4 Å². The van der Waals surface area contributed by atoms with Crippen LogP contribution in [-0.4, -0.2) is 45.7 Å². The van der Waals surface area contributed by atoms with Crippen LogP contribution < -0.4 is 18.9 Å². The fourth-order valence-electron chi connectivity index (χ4n) is 5.51. The molecule has 6 nitrogen and oxygen atoms in total. The summed E-state index contributed by atoms with van der Waals surface area (Å²) in [6.45, 7) is 1.19. The van der Waals surface area contributed by atoms with E-state index in [0.717, 1.165) is 46.4 Å². The van der Waals surface area contributed by atoms with E-state index in [1.165, 1.54) is 5.56 Å². The molecule has 3 aromatic carbocycles. The van der Waals surface area contributed by atoms with Gasteiger partial charge in [0.25, 0.3) is 0 Å². The lowest BCUT2D eigenvalue weighted by Gasteiger charge is -2.48. The van der Waals surface area contributed by atoms with Gasteiger partial charge >= 0.3 is 0 Å². The van der Waals surface area contributed by atoms with E-state index in [2.05, 4.69) is 6.07 Å². The van der Waals surface area contributed by atoms with Crippen LogP contribution in [0.2, 0.25) is 0 Å². The number of hydroxylamine groups is 3. The van der Waals surface area contributed by atoms with Gasteiger partial charge in [0.15, 0.2) is 23.0 Å². The van der Waals surface area contributed by atoms with E-state index in [-0.39, 0.29) is 10.7 Å². The van der Waals surface area contributed by atoms with Crippen LogP contribution in [0.3, 0.4) is 0 Å². The Bertz CT molecular complexity index is 1160. The molecule has 0 aromatic heterocycles. The number of hydrogen-bond acceptors (Lipinski definition) is 5. The second-order valence-electron chi connectivity index (χ2n) is 8.27. The van der Waals surface area contributed by atoms with Gasteiger partial charge < -0.3 is 28.8 Å². The van der Waals surface area contributed by atoms with Crippen molar-refractivity contribution in [3.63, 3.8) is 0 Å². The first-order chi connectivity index (χ1) is 14.5. The van der Waals surface area contributed by atoms with Crippen LogP contribution in [0.25, 0.3) is 21.5 Å². The average molecular weight is 409 g/mol. The Hall–Kier alpha value is -2.70. The lowest BCUT2D eigenvalue weighted by molar-refractivity contribution is -0.907. The molecule has 6 heteroatoms. The molecule has 1 saturated heterocycles. The smallest absolute Gasteiger partial charge is 0.169 e. The molecule has 2 atom stereocenters. The number of methoxy groups -OCH3 is 4. The molecule has 5 rings (SSSR count). The van der Waals surface area contributed by atoms with Crippen LogP contribution in [0.15, 0.2) is 24.3 Å². The minimum absolute atomic E-state index is 0.116. The standard InChI is InChI=1S/C24H27NO5/c1-27-20-8-7-15-16-10-14-6-5-9-25(14,26)13-19(16)17-11-21(28-2)22(29-3)12-18(17)23(15)24(20)30-4/h7-8,11-12,14H,5-6,9-10,13H2,1-4H3/t14-,25-/m0/s1. The summed E-state index contributed by atoms with van der Waals surface area (Å²) in [4.78, 5) is 0. The van der Waals surface area contributed by atoms with Crippen molar-refractivity contribution < 1.29 is 23.6 Å². The minimum atomic E-state index is -0.116. The summed E-state index contributed by atoms with van der Waals surface area (Å²) in [5.74, 6) is 2.70. The van der Waals surface area contributed by atoms with Gasteiger partial charge in [0.05, 0.1) is 41.0 Å². The molecule has 158 valence electrons. The molecule has 2 heterocycles. The predicted molar refractivity (Wildman–Crippen MR) is 117 cm³/mol. The zero-order chi connectivity index (χ0) is 21.0. The minimum Gasteiger partial charge on any atom is -0.632 e. The van der Waals surface area contributed by atoms with Crippen molar-refractivity contribution in [3.05, 3.63) is 40.6 Å². The number of rotatable bonds is 4. The third kappa shape index (κ3) is 2.57. The highest BCUT2D eigenvalue weighted by Gasteiger charge is 2.41. The van der Waals surface area contributed by atoms with E-state index in [9.17, 15) is 5.21 Å². The third-order valence-electron chi connectivity index (χ3n) is 6.96. The maximum Gasteiger partial charge on any atom is 0.169 e. The Morgan fingerprint density at radius 2 is 1.53 bits per heavy atom. The van der Waals surface area contributed by atoms with Gasteiger partial charge in [0.2, 0.25) is 0 Å². The highest BCUT2D eigenvalue weighted by Crippen LogP contribution is 2.49. The summed E-state index contributed by atoms with van der Waals surface area (Å²) >= 11 is 0. The fourth-order valence-corrected chi connectivity index (χ4v) is 5.51. The summed E-state index contributed by atoms with van der Waals surface area (Å²) in [7, 11) is 6.59. The highest BCUT2D eigenvalue weighted by atomic mass is 16.5. The molecule has 0 radical (unpaired) electrons. The zero-order valence-electron chi connectivity index (χ0n) is 17.9. The molecular weight excluding hydrogens is 382 g/mol. The Kier molecular flexibility index (Phi) is 4.45. The van der Waals surface area contributed by atoms with Crippen molar-refractivity contribution in [2.45, 2.75) is 31.8 Å². The van der Waals surface area contributed by atoms with Gasteiger partial charge in [-0.2, -0.15) is 0 Å². The molecular formula is C24H27NO5. The molecule has 3 aromatic rings.